The second-order valence-electron chi connectivity index (χ2n) is 9.24. The minimum Gasteiger partial charge on any atom is -0.497 e. The molecule has 0 aliphatic heterocycles. The lowest BCUT2D eigenvalue weighted by Crippen LogP contribution is -2.56. The standard InChI is InChI=1S/C23H31N3O4/c1-14(21(27)26-24-13-18-4-5-19(29-2)9-20(18)30-3)25-22(28)23-10-15-6-16(11-23)8-17(7-15)12-23/h4-5,9,13-17H,6-8,10-12H2,1-3H3,(H,25,28)(H,26,27)/b24-13-/t14-,15?,16?,17?,23?/m1/s1. The molecule has 4 fully saturated rings. The molecule has 4 saturated carbocycles. The van der Waals surface area contributed by atoms with E-state index in [0.717, 1.165) is 19.3 Å². The van der Waals surface area contributed by atoms with Crippen LogP contribution >= 0.6 is 0 Å². The molecule has 0 spiro atoms. The summed E-state index contributed by atoms with van der Waals surface area (Å²) in [5.74, 6) is 3.05. The highest BCUT2D eigenvalue weighted by molar-refractivity contribution is 5.91. The quantitative estimate of drug-likeness (QED) is 0.531. The molecule has 0 radical (unpaired) electrons. The summed E-state index contributed by atoms with van der Waals surface area (Å²) in [6.45, 7) is 1.71. The molecule has 1 atom stereocenters. The first-order valence-corrected chi connectivity index (χ1v) is 10.8. The van der Waals surface area contributed by atoms with Crippen LogP contribution in [-0.4, -0.2) is 38.3 Å². The molecule has 0 aromatic heterocycles. The van der Waals surface area contributed by atoms with Gasteiger partial charge in [-0.3, -0.25) is 9.59 Å². The Morgan fingerprint density at radius 2 is 1.73 bits per heavy atom. The van der Waals surface area contributed by atoms with Crippen LogP contribution in [0.15, 0.2) is 23.3 Å². The molecule has 0 saturated heterocycles. The second-order valence-corrected chi connectivity index (χ2v) is 9.24. The molecule has 162 valence electrons. The number of nitrogens with zero attached hydrogens (tertiary/aromatic N) is 1. The Bertz CT molecular complexity index is 816. The number of hydrogen-bond donors (Lipinski definition) is 2. The van der Waals surface area contributed by atoms with Gasteiger partial charge in [0.2, 0.25) is 5.91 Å². The molecule has 5 rings (SSSR count). The third-order valence-corrected chi connectivity index (χ3v) is 7.08. The van der Waals surface area contributed by atoms with Crippen LogP contribution in [0.25, 0.3) is 0 Å². The van der Waals surface area contributed by atoms with Gasteiger partial charge >= 0.3 is 0 Å². The van der Waals surface area contributed by atoms with Gasteiger partial charge in [0.15, 0.2) is 0 Å². The number of ether oxygens (including phenoxy) is 2. The molecular weight excluding hydrogens is 382 g/mol. The third-order valence-electron chi connectivity index (χ3n) is 7.08. The van der Waals surface area contributed by atoms with Crippen molar-refractivity contribution in [3.05, 3.63) is 23.8 Å². The van der Waals surface area contributed by atoms with Gasteiger partial charge in [0.05, 0.1) is 20.4 Å². The minimum absolute atomic E-state index is 0.0463. The normalized spacial score (nSPS) is 30.2. The van der Waals surface area contributed by atoms with E-state index in [1.54, 1.807) is 39.3 Å². The highest BCUT2D eigenvalue weighted by Gasteiger charge is 2.54. The molecule has 7 heteroatoms. The molecule has 4 aliphatic rings. The molecule has 1 aromatic rings. The molecule has 7 nitrogen and oxygen atoms in total. The van der Waals surface area contributed by atoms with Crippen LogP contribution in [0.2, 0.25) is 0 Å². The number of benzene rings is 1. The molecule has 1 aromatic carbocycles. The Morgan fingerprint density at radius 1 is 1.10 bits per heavy atom. The van der Waals surface area contributed by atoms with E-state index >= 15 is 0 Å². The van der Waals surface area contributed by atoms with Crippen molar-refractivity contribution >= 4 is 18.0 Å². The molecule has 0 unspecified atom stereocenters. The van der Waals surface area contributed by atoms with Crippen LogP contribution in [0.1, 0.15) is 51.0 Å². The highest BCUT2D eigenvalue weighted by Crippen LogP contribution is 2.60. The lowest BCUT2D eigenvalue weighted by molar-refractivity contribution is -0.148. The number of carbonyl (C=O) groups excluding carboxylic acids is 2. The molecule has 2 amide bonds. The summed E-state index contributed by atoms with van der Waals surface area (Å²) in [7, 11) is 3.15. The van der Waals surface area contributed by atoms with Gasteiger partial charge in [0, 0.05) is 17.0 Å². The molecule has 0 heterocycles. The van der Waals surface area contributed by atoms with E-state index in [0.29, 0.717) is 34.8 Å². The van der Waals surface area contributed by atoms with Gasteiger partial charge in [0.1, 0.15) is 17.5 Å². The fourth-order valence-electron chi connectivity index (χ4n) is 5.99. The maximum absolute atomic E-state index is 13.1. The number of carbonyl (C=O) groups is 2. The zero-order valence-corrected chi connectivity index (χ0v) is 17.9. The van der Waals surface area contributed by atoms with Crippen LogP contribution in [0.4, 0.5) is 0 Å². The number of methoxy groups -OCH3 is 2. The average Bonchev–Trinajstić information content (AvgIpc) is 2.72. The van der Waals surface area contributed by atoms with Gasteiger partial charge < -0.3 is 14.8 Å². The fraction of sp³-hybridized carbons (Fsp3) is 0.609. The Kier molecular flexibility index (Phi) is 5.71. The molecule has 4 bridgehead atoms. The Hall–Kier alpha value is -2.57. The van der Waals surface area contributed by atoms with Gasteiger partial charge in [0.25, 0.3) is 5.91 Å². The smallest absolute Gasteiger partial charge is 0.262 e. The van der Waals surface area contributed by atoms with Crippen molar-refractivity contribution in [2.24, 2.45) is 28.3 Å². The summed E-state index contributed by atoms with van der Waals surface area (Å²) < 4.78 is 10.5. The Morgan fingerprint density at radius 3 is 2.30 bits per heavy atom. The van der Waals surface area contributed by atoms with E-state index in [1.807, 2.05) is 0 Å². The molecule has 2 N–H and O–H groups in total. The SMILES string of the molecule is COc1ccc(/C=N\NC(=O)[C@@H](C)NC(=O)C23CC4CC(CC(C4)C2)C3)c(OC)c1. The minimum atomic E-state index is -0.639. The van der Waals surface area contributed by atoms with E-state index in [2.05, 4.69) is 15.8 Å². The van der Waals surface area contributed by atoms with Crippen molar-refractivity contribution in [2.75, 3.05) is 14.2 Å². The summed E-state index contributed by atoms with van der Waals surface area (Å²) in [5, 5.41) is 6.99. The summed E-state index contributed by atoms with van der Waals surface area (Å²) in [6, 6.07) is 4.70. The predicted octanol–water partition coefficient (Wildman–Crippen LogP) is 2.88. The number of nitrogens with one attached hydrogen (secondary N) is 2. The van der Waals surface area contributed by atoms with Crippen molar-refractivity contribution in [1.82, 2.24) is 10.7 Å². The number of hydrogen-bond acceptors (Lipinski definition) is 5. The zero-order valence-electron chi connectivity index (χ0n) is 17.9. The van der Waals surface area contributed by atoms with E-state index in [9.17, 15) is 9.59 Å². The van der Waals surface area contributed by atoms with Crippen LogP contribution in [-0.2, 0) is 9.59 Å². The molecule has 30 heavy (non-hydrogen) atoms. The zero-order chi connectivity index (χ0) is 21.3. The van der Waals surface area contributed by atoms with Gasteiger partial charge in [-0.15, -0.1) is 0 Å². The monoisotopic (exact) mass is 413 g/mol. The second kappa shape index (κ2) is 8.28. The first-order valence-electron chi connectivity index (χ1n) is 10.8. The van der Waals surface area contributed by atoms with Gasteiger partial charge in [-0.05, 0) is 75.3 Å². The van der Waals surface area contributed by atoms with Crippen molar-refractivity contribution in [3.63, 3.8) is 0 Å². The van der Waals surface area contributed by atoms with Crippen molar-refractivity contribution in [2.45, 2.75) is 51.5 Å². The van der Waals surface area contributed by atoms with Gasteiger partial charge in [-0.25, -0.2) is 5.43 Å². The van der Waals surface area contributed by atoms with Crippen molar-refractivity contribution in [1.29, 1.82) is 0 Å². The number of amides is 2. The van der Waals surface area contributed by atoms with Gasteiger partial charge in [-0.1, -0.05) is 0 Å². The lowest BCUT2D eigenvalue weighted by Gasteiger charge is -2.55. The summed E-state index contributed by atoms with van der Waals surface area (Å²) in [4.78, 5) is 25.6. The Labute approximate surface area is 177 Å². The average molecular weight is 414 g/mol. The lowest BCUT2D eigenvalue weighted by atomic mass is 9.49. The van der Waals surface area contributed by atoms with E-state index in [4.69, 9.17) is 9.47 Å². The Balaban J connectivity index is 1.33. The summed E-state index contributed by atoms with van der Waals surface area (Å²) >= 11 is 0. The maximum atomic E-state index is 13.1. The van der Waals surface area contributed by atoms with E-state index in [1.165, 1.54) is 25.5 Å². The van der Waals surface area contributed by atoms with Gasteiger partial charge in [-0.2, -0.15) is 5.10 Å². The van der Waals surface area contributed by atoms with Crippen LogP contribution in [0.3, 0.4) is 0 Å². The number of rotatable bonds is 7. The largest absolute Gasteiger partial charge is 0.497 e. The predicted molar refractivity (Wildman–Crippen MR) is 113 cm³/mol. The fourth-order valence-corrected chi connectivity index (χ4v) is 5.99. The van der Waals surface area contributed by atoms with E-state index < -0.39 is 6.04 Å². The van der Waals surface area contributed by atoms with Crippen LogP contribution < -0.4 is 20.2 Å². The van der Waals surface area contributed by atoms with Crippen LogP contribution in [0.5, 0.6) is 11.5 Å². The molecular formula is C23H31N3O4. The summed E-state index contributed by atoms with van der Waals surface area (Å²) in [6.07, 6.45) is 8.31. The van der Waals surface area contributed by atoms with Crippen LogP contribution in [0, 0.1) is 23.2 Å². The number of hydrazone groups is 1. The first kappa shape index (κ1) is 20.7. The summed E-state index contributed by atoms with van der Waals surface area (Å²) in [5.41, 5.74) is 2.97. The third kappa shape index (κ3) is 4.02. The highest BCUT2D eigenvalue weighted by atomic mass is 16.5. The first-order chi connectivity index (χ1) is 14.4. The molecule has 4 aliphatic carbocycles. The topological polar surface area (TPSA) is 89.0 Å². The van der Waals surface area contributed by atoms with E-state index in [-0.39, 0.29) is 17.2 Å². The van der Waals surface area contributed by atoms with Crippen molar-refractivity contribution < 1.29 is 19.1 Å². The van der Waals surface area contributed by atoms with Crippen molar-refractivity contribution in [3.8, 4) is 11.5 Å². The maximum Gasteiger partial charge on any atom is 0.262 e.